The second kappa shape index (κ2) is 9.53. The van der Waals surface area contributed by atoms with Crippen molar-refractivity contribution in [2.75, 3.05) is 12.6 Å². The van der Waals surface area contributed by atoms with Crippen molar-refractivity contribution in [3.05, 3.63) is 129 Å². The predicted molar refractivity (Wildman–Crippen MR) is 178 cm³/mol. The van der Waals surface area contributed by atoms with Crippen LogP contribution in [0.4, 0.5) is 11.6 Å². The molecule has 9 heteroatoms. The van der Waals surface area contributed by atoms with Gasteiger partial charge in [-0.05, 0) is 26.0 Å². The monoisotopic (exact) mass is 574 g/mol. The first-order valence-corrected chi connectivity index (χ1v) is 14.4. The normalized spacial score (nSPS) is 19.5. The number of nitrogens with one attached hydrogen (secondary N) is 1. The maximum Gasteiger partial charge on any atom is 0.273 e. The highest BCUT2D eigenvalue weighted by Gasteiger charge is 2.36. The van der Waals surface area contributed by atoms with E-state index in [9.17, 15) is 0 Å². The molecule has 0 atom stereocenters. The van der Waals surface area contributed by atoms with Gasteiger partial charge in [0.2, 0.25) is 11.3 Å². The average Bonchev–Trinajstić information content (AvgIpc) is 3.69. The number of rotatable bonds is 4. The summed E-state index contributed by atoms with van der Waals surface area (Å²) in [6.45, 7) is 12.4. The Labute approximate surface area is 253 Å². The Hall–Kier alpha value is -5.96. The Morgan fingerprint density at radius 1 is 0.636 bits per heavy atom. The van der Waals surface area contributed by atoms with Crippen LogP contribution in [0.15, 0.2) is 98.8 Å². The van der Waals surface area contributed by atoms with Crippen LogP contribution in [0.1, 0.15) is 58.4 Å². The molecule has 0 unspecified atom stereocenters. The van der Waals surface area contributed by atoms with Gasteiger partial charge in [-0.3, -0.25) is 0 Å². The second-order valence-electron chi connectivity index (χ2n) is 10.6. The van der Waals surface area contributed by atoms with E-state index in [2.05, 4.69) is 30.8 Å². The van der Waals surface area contributed by atoms with Crippen LogP contribution in [0.3, 0.4) is 0 Å². The first-order valence-electron chi connectivity index (χ1n) is 14.4. The fourth-order valence-corrected chi connectivity index (χ4v) is 6.23. The molecule has 2 aromatic carbocycles. The molecule has 44 heavy (non-hydrogen) atoms. The molecule has 0 spiro atoms. The molecule has 0 saturated carbocycles. The lowest BCUT2D eigenvalue weighted by molar-refractivity contribution is -0.367. The third-order valence-corrected chi connectivity index (χ3v) is 8.18. The van der Waals surface area contributed by atoms with Crippen molar-refractivity contribution in [2.24, 2.45) is 25.0 Å². The van der Waals surface area contributed by atoms with Crippen LogP contribution in [0.5, 0.6) is 0 Å². The molecule has 2 aromatic heterocycles. The molecule has 0 aliphatic carbocycles. The first kappa shape index (κ1) is 25.7. The summed E-state index contributed by atoms with van der Waals surface area (Å²) < 4.78 is 5.81. The van der Waals surface area contributed by atoms with E-state index in [4.69, 9.17) is 25.0 Å². The Balaban J connectivity index is 1.66. The van der Waals surface area contributed by atoms with E-state index in [-0.39, 0.29) is 0 Å². The summed E-state index contributed by atoms with van der Waals surface area (Å²) in [5.41, 5.74) is 12.1. The SMILES string of the molecule is C=Cc1c(/C=C\C)c2n3c1/N=C1/c4ccccc4C(=[N+]1C)/N=c1/c(C=C)c(/C=C\C)/c(n1N3)=N/C1=NC(=N\2)/c2ccccc21. The molecule has 0 radical (unpaired) electrons. The molecular formula is C35H28N9+. The molecule has 4 aromatic rings. The van der Waals surface area contributed by atoms with E-state index in [1.807, 2.05) is 108 Å². The minimum atomic E-state index is 0.577. The number of hydrogen-bond donors (Lipinski definition) is 1. The van der Waals surface area contributed by atoms with Crippen LogP contribution in [-0.2, 0) is 0 Å². The Morgan fingerprint density at radius 2 is 1.23 bits per heavy atom. The van der Waals surface area contributed by atoms with Crippen LogP contribution in [0, 0.1) is 0 Å². The zero-order valence-corrected chi connectivity index (χ0v) is 24.6. The topological polar surface area (TPSA) is 86.7 Å². The largest absolute Gasteiger partial charge is 0.273 e. The molecular weight excluding hydrogens is 546 g/mol. The number of aromatic nitrogens is 2. The molecule has 0 fully saturated rings. The van der Waals surface area contributed by atoms with Crippen LogP contribution >= 0.6 is 0 Å². The van der Waals surface area contributed by atoms with Gasteiger partial charge in [0.1, 0.15) is 0 Å². The lowest BCUT2D eigenvalue weighted by Crippen LogP contribution is -2.40. The van der Waals surface area contributed by atoms with E-state index in [0.29, 0.717) is 34.3 Å². The number of allylic oxidation sites excluding steroid dienone is 2. The van der Waals surface area contributed by atoms with Gasteiger partial charge < -0.3 is 0 Å². The molecule has 0 amide bonds. The van der Waals surface area contributed by atoms with Gasteiger partial charge in [0.15, 0.2) is 23.0 Å². The fourth-order valence-electron chi connectivity index (χ4n) is 6.23. The smallest absolute Gasteiger partial charge is 0.229 e. The summed E-state index contributed by atoms with van der Waals surface area (Å²) in [6, 6.07) is 16.2. The highest BCUT2D eigenvalue weighted by molar-refractivity contribution is 6.23. The molecule has 8 rings (SSSR count). The van der Waals surface area contributed by atoms with Crippen LogP contribution in [0.2, 0.25) is 0 Å². The standard InChI is InChI=1S/C35H28N9/c1-6-14-24-20(8-3)32-39-30-26-18-12-13-19-27(26)31(42(30)5)40-33-21(9-4)25(15-7-2)35-38-29-23-17-11-10-16-22(23)28(36-29)37-34(24)43(32)41-44(33)35/h6-19,41H,3-4H2,1-2,5H3/q+1/b14-6-,15-7-. The Morgan fingerprint density at radius 3 is 1.91 bits per heavy atom. The highest BCUT2D eigenvalue weighted by atomic mass is 15.7. The third kappa shape index (κ3) is 3.40. The summed E-state index contributed by atoms with van der Waals surface area (Å²) in [5.74, 6) is 3.96. The predicted octanol–water partition coefficient (Wildman–Crippen LogP) is 5.23. The minimum absolute atomic E-state index is 0.577. The molecule has 212 valence electrons. The van der Waals surface area contributed by atoms with Gasteiger partial charge in [0, 0.05) is 33.4 Å². The molecule has 4 aliphatic rings. The van der Waals surface area contributed by atoms with Crippen LogP contribution in [0.25, 0.3) is 24.3 Å². The van der Waals surface area contributed by atoms with Gasteiger partial charge in [-0.2, -0.15) is 9.35 Å². The lowest BCUT2D eigenvalue weighted by Gasteiger charge is -2.13. The lowest BCUT2D eigenvalue weighted by atomic mass is 10.1. The molecule has 6 heterocycles. The second-order valence-corrected chi connectivity index (χ2v) is 10.6. The van der Waals surface area contributed by atoms with E-state index < -0.39 is 0 Å². The summed E-state index contributed by atoms with van der Waals surface area (Å²) in [4.78, 5) is 26.0. The van der Waals surface area contributed by atoms with Crippen LogP contribution < -0.4 is 16.5 Å². The van der Waals surface area contributed by atoms with Crippen molar-refractivity contribution in [3.8, 4) is 0 Å². The van der Waals surface area contributed by atoms with Crippen molar-refractivity contribution in [3.63, 3.8) is 0 Å². The van der Waals surface area contributed by atoms with Crippen molar-refractivity contribution < 1.29 is 4.58 Å². The summed E-state index contributed by atoms with van der Waals surface area (Å²) >= 11 is 0. The minimum Gasteiger partial charge on any atom is -0.229 e. The van der Waals surface area contributed by atoms with E-state index >= 15 is 0 Å². The van der Waals surface area contributed by atoms with Gasteiger partial charge in [-0.1, -0.05) is 96.0 Å². The van der Waals surface area contributed by atoms with Gasteiger partial charge >= 0.3 is 0 Å². The number of hydrogen-bond acceptors (Lipinski definition) is 6. The van der Waals surface area contributed by atoms with Gasteiger partial charge in [0.25, 0.3) is 11.7 Å². The zero-order chi connectivity index (χ0) is 30.1. The molecule has 4 aliphatic heterocycles. The van der Waals surface area contributed by atoms with Crippen LogP contribution in [-0.4, -0.2) is 44.3 Å². The summed E-state index contributed by atoms with van der Waals surface area (Å²) in [5, 5.41) is 0. The number of amidine groups is 4. The number of benzene rings is 2. The molecule has 9 nitrogen and oxygen atoms in total. The van der Waals surface area contributed by atoms with E-state index in [1.54, 1.807) is 0 Å². The van der Waals surface area contributed by atoms with Crippen molar-refractivity contribution in [1.82, 2.24) is 9.35 Å². The Bertz CT molecular complexity index is 2310. The van der Waals surface area contributed by atoms with E-state index in [1.165, 1.54) is 0 Å². The third-order valence-electron chi connectivity index (χ3n) is 8.18. The quantitative estimate of drug-likeness (QED) is 0.333. The average molecular weight is 575 g/mol. The first-order chi connectivity index (χ1) is 21.6. The molecule has 6 bridgehead atoms. The summed E-state index contributed by atoms with van der Waals surface area (Å²) in [7, 11) is 2.00. The number of aliphatic imine (C=N–C) groups is 3. The van der Waals surface area contributed by atoms with Crippen molar-refractivity contribution in [2.45, 2.75) is 13.8 Å². The summed E-state index contributed by atoms with van der Waals surface area (Å²) in [6.07, 6.45) is 11.7. The van der Waals surface area contributed by atoms with E-state index in [0.717, 1.165) is 56.2 Å². The maximum absolute atomic E-state index is 5.31. The van der Waals surface area contributed by atoms with Gasteiger partial charge in [-0.25, -0.2) is 25.1 Å². The molecule has 0 saturated heterocycles. The molecule has 1 N–H and O–H groups in total. The zero-order valence-electron chi connectivity index (χ0n) is 24.6. The highest BCUT2D eigenvalue weighted by Crippen LogP contribution is 2.39. The number of fused-ring (bicyclic) bond motifs is 8. The van der Waals surface area contributed by atoms with Gasteiger partial charge in [-0.15, -0.1) is 0 Å². The van der Waals surface area contributed by atoms with Gasteiger partial charge in [0.05, 0.1) is 18.2 Å². The Kier molecular flexibility index (Phi) is 5.57. The fraction of sp³-hybridized carbons (Fsp3) is 0.0857. The number of nitrogens with zero attached hydrogens (tertiary/aromatic N) is 8. The maximum atomic E-state index is 5.31. The van der Waals surface area contributed by atoms with Crippen molar-refractivity contribution >= 4 is 59.3 Å². The van der Waals surface area contributed by atoms with Crippen molar-refractivity contribution in [1.29, 1.82) is 0 Å².